The van der Waals surface area contributed by atoms with Crippen molar-refractivity contribution in [3.05, 3.63) is 24.3 Å². The van der Waals surface area contributed by atoms with E-state index in [1.807, 2.05) is 0 Å². The van der Waals surface area contributed by atoms with Gasteiger partial charge in [-0.25, -0.2) is 0 Å². The van der Waals surface area contributed by atoms with Gasteiger partial charge in [-0.2, -0.15) is 0 Å². The molecule has 2 aliphatic carbocycles. The third-order valence-corrected chi connectivity index (χ3v) is 6.79. The van der Waals surface area contributed by atoms with E-state index in [2.05, 4.69) is 38.2 Å². The fourth-order valence-corrected chi connectivity index (χ4v) is 4.97. The van der Waals surface area contributed by atoms with Crippen LogP contribution in [0.25, 0.3) is 0 Å². The molecule has 0 heterocycles. The second-order valence-electron chi connectivity index (χ2n) is 8.90. The van der Waals surface area contributed by atoms with E-state index in [0.29, 0.717) is 0 Å². The van der Waals surface area contributed by atoms with Crippen molar-refractivity contribution >= 4 is 0 Å². The van der Waals surface area contributed by atoms with E-state index >= 15 is 0 Å². The number of hydrogen-bond acceptors (Lipinski definition) is 0. The molecule has 0 nitrogen and oxygen atoms in total. The summed E-state index contributed by atoms with van der Waals surface area (Å²) in [5, 5.41) is 0. The highest BCUT2D eigenvalue weighted by Gasteiger charge is 2.20. The van der Waals surface area contributed by atoms with Crippen molar-refractivity contribution in [2.75, 3.05) is 0 Å². The third-order valence-electron chi connectivity index (χ3n) is 6.79. The van der Waals surface area contributed by atoms with Crippen LogP contribution in [0, 0.1) is 23.7 Å². The highest BCUT2D eigenvalue weighted by Crippen LogP contribution is 2.34. The minimum atomic E-state index is 0.888. The van der Waals surface area contributed by atoms with E-state index in [9.17, 15) is 0 Å². The van der Waals surface area contributed by atoms with Crippen molar-refractivity contribution in [1.29, 1.82) is 0 Å². The van der Waals surface area contributed by atoms with E-state index in [1.165, 1.54) is 96.3 Å². The zero-order valence-electron chi connectivity index (χ0n) is 17.2. The summed E-state index contributed by atoms with van der Waals surface area (Å²) >= 11 is 0. The zero-order chi connectivity index (χ0) is 17.7. The van der Waals surface area contributed by atoms with Crippen molar-refractivity contribution in [2.45, 2.75) is 110 Å². The molecule has 0 heteroatoms. The van der Waals surface area contributed by atoms with Gasteiger partial charge < -0.3 is 0 Å². The van der Waals surface area contributed by atoms with Crippen LogP contribution in [0.15, 0.2) is 24.3 Å². The van der Waals surface area contributed by atoms with Gasteiger partial charge in [0.2, 0.25) is 0 Å². The van der Waals surface area contributed by atoms with Gasteiger partial charge in [0.1, 0.15) is 0 Å². The van der Waals surface area contributed by atoms with Gasteiger partial charge in [0.05, 0.1) is 0 Å². The summed E-state index contributed by atoms with van der Waals surface area (Å²) in [5.74, 6) is 3.84. The van der Waals surface area contributed by atoms with Crippen molar-refractivity contribution in [2.24, 2.45) is 23.7 Å². The molecule has 0 atom stereocenters. The van der Waals surface area contributed by atoms with Crippen molar-refractivity contribution in [3.8, 4) is 0 Å². The minimum Gasteiger partial charge on any atom is -0.0885 e. The Morgan fingerprint density at radius 2 is 1.20 bits per heavy atom. The molecule has 2 fully saturated rings. The van der Waals surface area contributed by atoms with Crippen molar-refractivity contribution in [3.63, 3.8) is 0 Å². The molecule has 0 bridgehead atoms. The molecule has 25 heavy (non-hydrogen) atoms. The summed E-state index contributed by atoms with van der Waals surface area (Å²) in [5.41, 5.74) is 0. The van der Waals surface area contributed by atoms with Crippen molar-refractivity contribution in [1.82, 2.24) is 0 Å². The second kappa shape index (κ2) is 12.8. The molecule has 0 amide bonds. The maximum absolute atomic E-state index is 2.58. The topological polar surface area (TPSA) is 0 Å². The summed E-state index contributed by atoms with van der Waals surface area (Å²) < 4.78 is 0. The van der Waals surface area contributed by atoms with Crippen LogP contribution in [-0.2, 0) is 0 Å². The van der Waals surface area contributed by atoms with Gasteiger partial charge in [0.15, 0.2) is 0 Å². The van der Waals surface area contributed by atoms with Gasteiger partial charge in [-0.15, -0.1) is 0 Å². The Morgan fingerprint density at radius 3 is 1.76 bits per heavy atom. The molecule has 0 saturated heterocycles. The fourth-order valence-electron chi connectivity index (χ4n) is 4.97. The predicted molar refractivity (Wildman–Crippen MR) is 113 cm³/mol. The molecular weight excluding hydrogens is 300 g/mol. The normalized spacial score (nSPS) is 31.1. The lowest BCUT2D eigenvalue weighted by molar-refractivity contribution is 0.287. The highest BCUT2D eigenvalue weighted by atomic mass is 14.3. The first-order valence-corrected chi connectivity index (χ1v) is 11.6. The Bertz CT molecular complexity index is 361. The summed E-state index contributed by atoms with van der Waals surface area (Å²) in [7, 11) is 0. The summed E-state index contributed by atoms with van der Waals surface area (Å²) in [6.07, 6.45) is 31.4. The summed E-state index contributed by atoms with van der Waals surface area (Å²) in [6.45, 7) is 4.56. The summed E-state index contributed by atoms with van der Waals surface area (Å²) in [6, 6.07) is 0. The van der Waals surface area contributed by atoms with E-state index in [4.69, 9.17) is 0 Å². The quantitative estimate of drug-likeness (QED) is 0.275. The van der Waals surface area contributed by atoms with Gasteiger partial charge in [-0.3, -0.25) is 0 Å². The maximum atomic E-state index is 2.58. The minimum absolute atomic E-state index is 0.888. The fraction of sp³-hybridized carbons (Fsp3) is 0.840. The molecule has 0 aromatic heterocycles. The first-order chi connectivity index (χ1) is 12.3. The van der Waals surface area contributed by atoms with Crippen LogP contribution in [-0.4, -0.2) is 0 Å². The lowest BCUT2D eigenvalue weighted by Crippen LogP contribution is -2.13. The third kappa shape index (κ3) is 8.61. The summed E-state index contributed by atoms with van der Waals surface area (Å²) in [4.78, 5) is 0. The van der Waals surface area contributed by atoms with Crippen LogP contribution in [0.4, 0.5) is 0 Å². The number of rotatable bonds is 10. The van der Waals surface area contributed by atoms with Crippen LogP contribution >= 0.6 is 0 Å². The average molecular weight is 345 g/mol. The van der Waals surface area contributed by atoms with E-state index in [0.717, 1.165) is 23.7 Å². The molecule has 2 rings (SSSR count). The standard InChI is InChI=1S/C25H44/c1-3-5-7-11-23-18-20-25(21-19-23)13-9-8-12-24-16-14-22(15-17-24)10-6-4-2/h6,9-10,13,22-25H,3-5,7-8,11-12,14-21H2,1-2H3/b10-6+,13-9+. The Kier molecular flexibility index (Phi) is 10.6. The average Bonchev–Trinajstić information content (AvgIpc) is 2.66. The van der Waals surface area contributed by atoms with E-state index < -0.39 is 0 Å². The Balaban J connectivity index is 1.52. The number of unbranched alkanes of at least 4 members (excludes halogenated alkanes) is 2. The van der Waals surface area contributed by atoms with Gasteiger partial charge >= 0.3 is 0 Å². The van der Waals surface area contributed by atoms with E-state index in [1.54, 1.807) is 0 Å². The van der Waals surface area contributed by atoms with Gasteiger partial charge in [0, 0.05) is 0 Å². The lowest BCUT2D eigenvalue weighted by atomic mass is 9.79. The molecule has 2 aliphatic rings. The smallest absolute Gasteiger partial charge is 0.0233 e. The van der Waals surface area contributed by atoms with Crippen LogP contribution in [0.1, 0.15) is 110 Å². The zero-order valence-corrected chi connectivity index (χ0v) is 17.2. The van der Waals surface area contributed by atoms with E-state index in [-0.39, 0.29) is 0 Å². The lowest BCUT2D eigenvalue weighted by Gasteiger charge is -2.27. The van der Waals surface area contributed by atoms with Crippen molar-refractivity contribution < 1.29 is 0 Å². The Morgan fingerprint density at radius 1 is 0.640 bits per heavy atom. The Labute approximate surface area is 158 Å². The van der Waals surface area contributed by atoms with Crippen LogP contribution < -0.4 is 0 Å². The van der Waals surface area contributed by atoms with Gasteiger partial charge in [-0.1, -0.05) is 63.8 Å². The molecule has 0 unspecified atom stereocenters. The maximum Gasteiger partial charge on any atom is -0.0233 e. The Hall–Kier alpha value is -0.520. The second-order valence-corrected chi connectivity index (χ2v) is 8.90. The molecule has 0 N–H and O–H groups in total. The highest BCUT2D eigenvalue weighted by molar-refractivity contribution is 4.93. The first kappa shape index (κ1) is 20.8. The molecule has 0 spiro atoms. The predicted octanol–water partition coefficient (Wildman–Crippen LogP) is 8.48. The molecule has 144 valence electrons. The molecule has 0 aromatic carbocycles. The number of hydrogen-bond donors (Lipinski definition) is 0. The monoisotopic (exact) mass is 344 g/mol. The molecular formula is C25H44. The number of allylic oxidation sites excluding steroid dienone is 4. The van der Waals surface area contributed by atoms with Crippen LogP contribution in [0.2, 0.25) is 0 Å². The molecule has 2 saturated carbocycles. The molecule has 0 radical (unpaired) electrons. The van der Waals surface area contributed by atoms with Gasteiger partial charge in [0.25, 0.3) is 0 Å². The van der Waals surface area contributed by atoms with Gasteiger partial charge in [-0.05, 0) is 94.3 Å². The van der Waals surface area contributed by atoms with Crippen LogP contribution in [0.3, 0.4) is 0 Å². The SMILES string of the molecule is CC/C=C/C1CCC(CC/C=C/C2CCC(CCCCC)CC2)CC1. The first-order valence-electron chi connectivity index (χ1n) is 11.6. The van der Waals surface area contributed by atoms with Crippen LogP contribution in [0.5, 0.6) is 0 Å². The molecule has 0 aromatic rings. The molecule has 0 aliphatic heterocycles. The largest absolute Gasteiger partial charge is 0.0885 e.